The van der Waals surface area contributed by atoms with Crippen LogP contribution in [0.25, 0.3) is 22.0 Å². The van der Waals surface area contributed by atoms with Gasteiger partial charge in [0.25, 0.3) is 0 Å². The Morgan fingerprint density at radius 1 is 1.44 bits per heavy atom. The zero-order valence-corrected chi connectivity index (χ0v) is 14.5. The number of nitrogens with one attached hydrogen (secondary N) is 1. The Labute approximate surface area is 146 Å². The van der Waals surface area contributed by atoms with Crippen molar-refractivity contribution in [2.45, 2.75) is 13.5 Å². The third-order valence-corrected chi connectivity index (χ3v) is 4.17. The Morgan fingerprint density at radius 3 is 2.88 bits per heavy atom. The van der Waals surface area contributed by atoms with Gasteiger partial charge in [0.05, 0.1) is 12.2 Å². The fourth-order valence-electron chi connectivity index (χ4n) is 3.07. The number of phenolic OH excluding ortho intramolecular Hbond substituents is 1. The first-order valence-corrected chi connectivity index (χ1v) is 8.14. The van der Waals surface area contributed by atoms with Crippen LogP contribution in [0.4, 0.5) is 0 Å². The van der Waals surface area contributed by atoms with E-state index < -0.39 is 0 Å². The molecule has 0 aliphatic rings. The summed E-state index contributed by atoms with van der Waals surface area (Å²) < 4.78 is 7.05. The summed E-state index contributed by atoms with van der Waals surface area (Å²) in [5, 5.41) is 14.7. The van der Waals surface area contributed by atoms with Crippen molar-refractivity contribution >= 4 is 16.9 Å². The van der Waals surface area contributed by atoms with Gasteiger partial charge in [-0.15, -0.1) is 0 Å². The summed E-state index contributed by atoms with van der Waals surface area (Å²) in [6.07, 6.45) is 5.14. The number of aryl methyl sites for hydroxylation is 1. The van der Waals surface area contributed by atoms with Crippen LogP contribution in [0.3, 0.4) is 0 Å². The molecule has 25 heavy (non-hydrogen) atoms. The van der Waals surface area contributed by atoms with Crippen LogP contribution < -0.4 is 5.32 Å². The van der Waals surface area contributed by atoms with E-state index >= 15 is 0 Å². The quantitative estimate of drug-likeness (QED) is 0.699. The fraction of sp³-hybridized carbons (Fsp3) is 0.263. The van der Waals surface area contributed by atoms with Gasteiger partial charge in [-0.1, -0.05) is 6.07 Å². The lowest BCUT2D eigenvalue weighted by Gasteiger charge is -2.13. The van der Waals surface area contributed by atoms with Crippen LogP contribution in [0.15, 0.2) is 36.8 Å². The molecule has 0 amide bonds. The summed E-state index contributed by atoms with van der Waals surface area (Å²) in [6.45, 7) is 2.50. The van der Waals surface area contributed by atoms with Crippen molar-refractivity contribution in [1.82, 2.24) is 14.9 Å². The number of aromatic hydroxyl groups is 1. The SMILES string of the molecule is CCOC(=O)c1cn(C)c2cc(-c3cccnc3)c(O)c(CNC)c12. The summed E-state index contributed by atoms with van der Waals surface area (Å²) in [6, 6.07) is 5.60. The first-order valence-electron chi connectivity index (χ1n) is 8.14. The maximum atomic E-state index is 12.3. The second kappa shape index (κ2) is 6.94. The van der Waals surface area contributed by atoms with Gasteiger partial charge in [-0.2, -0.15) is 0 Å². The molecule has 0 bridgehead atoms. The third kappa shape index (κ3) is 2.96. The third-order valence-electron chi connectivity index (χ3n) is 4.17. The molecular weight excluding hydrogens is 318 g/mol. The highest BCUT2D eigenvalue weighted by Crippen LogP contribution is 2.39. The van der Waals surface area contributed by atoms with Crippen LogP contribution >= 0.6 is 0 Å². The minimum atomic E-state index is -0.390. The number of hydrogen-bond donors (Lipinski definition) is 2. The smallest absolute Gasteiger partial charge is 0.340 e. The summed E-state index contributed by atoms with van der Waals surface area (Å²) in [7, 11) is 3.67. The molecule has 0 saturated heterocycles. The van der Waals surface area contributed by atoms with Gasteiger partial charge < -0.3 is 19.7 Å². The number of nitrogens with zero attached hydrogens (tertiary/aromatic N) is 2. The summed E-state index contributed by atoms with van der Waals surface area (Å²) in [4.78, 5) is 16.5. The van der Waals surface area contributed by atoms with E-state index in [9.17, 15) is 9.90 Å². The Kier molecular flexibility index (Phi) is 4.72. The molecule has 0 atom stereocenters. The van der Waals surface area contributed by atoms with Gasteiger partial charge >= 0.3 is 5.97 Å². The van der Waals surface area contributed by atoms with Gasteiger partial charge in [0, 0.05) is 59.8 Å². The van der Waals surface area contributed by atoms with E-state index in [1.54, 1.807) is 32.6 Å². The molecule has 0 saturated carbocycles. The van der Waals surface area contributed by atoms with Crippen LogP contribution in [0.5, 0.6) is 5.75 Å². The molecule has 6 heteroatoms. The number of aromatic nitrogens is 2. The van der Waals surface area contributed by atoms with E-state index in [-0.39, 0.29) is 11.7 Å². The molecule has 0 aliphatic heterocycles. The van der Waals surface area contributed by atoms with E-state index in [1.807, 2.05) is 29.8 Å². The average molecular weight is 339 g/mol. The molecule has 0 radical (unpaired) electrons. The number of carbonyl (C=O) groups is 1. The van der Waals surface area contributed by atoms with Crippen LogP contribution in [-0.2, 0) is 18.3 Å². The molecule has 2 aromatic heterocycles. The second-order valence-electron chi connectivity index (χ2n) is 5.79. The summed E-state index contributed by atoms with van der Waals surface area (Å²) in [5.41, 5.74) is 3.48. The normalized spacial score (nSPS) is 11.0. The molecule has 1 aromatic carbocycles. The number of fused-ring (bicyclic) bond motifs is 1. The lowest BCUT2D eigenvalue weighted by Crippen LogP contribution is -2.09. The highest BCUT2D eigenvalue weighted by atomic mass is 16.5. The van der Waals surface area contributed by atoms with Crippen LogP contribution in [0.2, 0.25) is 0 Å². The molecule has 0 unspecified atom stereocenters. The van der Waals surface area contributed by atoms with Gasteiger partial charge in [0.15, 0.2) is 0 Å². The molecule has 0 aliphatic carbocycles. The van der Waals surface area contributed by atoms with E-state index in [4.69, 9.17) is 4.74 Å². The number of pyridine rings is 1. The number of esters is 1. The minimum absolute atomic E-state index is 0.145. The van der Waals surface area contributed by atoms with Gasteiger partial charge in [-0.25, -0.2) is 4.79 Å². The summed E-state index contributed by atoms with van der Waals surface area (Å²) in [5.74, 6) is -0.245. The largest absolute Gasteiger partial charge is 0.507 e. The number of ether oxygens (including phenoxy) is 1. The standard InChI is InChI=1S/C19H21N3O3/c1-4-25-19(24)15-11-22(3)16-8-13(12-6-5-7-21-9-12)18(23)14(10-20-2)17(15)16/h5-9,11,20,23H,4,10H2,1-3H3. The highest BCUT2D eigenvalue weighted by molar-refractivity contribution is 6.08. The van der Waals surface area contributed by atoms with E-state index in [0.717, 1.165) is 11.1 Å². The molecule has 3 rings (SSSR count). The maximum Gasteiger partial charge on any atom is 0.340 e. The predicted molar refractivity (Wildman–Crippen MR) is 96.5 cm³/mol. The van der Waals surface area contributed by atoms with Crippen LogP contribution in [0, 0.1) is 0 Å². The fourth-order valence-corrected chi connectivity index (χ4v) is 3.07. The molecule has 6 nitrogen and oxygen atoms in total. The van der Waals surface area contributed by atoms with Gasteiger partial charge in [0.2, 0.25) is 0 Å². The lowest BCUT2D eigenvalue weighted by molar-refractivity contribution is 0.0528. The highest BCUT2D eigenvalue weighted by Gasteiger charge is 2.22. The maximum absolute atomic E-state index is 12.3. The Morgan fingerprint density at radius 2 is 2.24 bits per heavy atom. The number of carbonyl (C=O) groups excluding carboxylic acids is 1. The zero-order valence-electron chi connectivity index (χ0n) is 14.5. The topological polar surface area (TPSA) is 76.4 Å². The summed E-state index contributed by atoms with van der Waals surface area (Å²) >= 11 is 0. The van der Waals surface area contributed by atoms with Crippen molar-refractivity contribution in [2.75, 3.05) is 13.7 Å². The monoisotopic (exact) mass is 339 g/mol. The van der Waals surface area contributed by atoms with Gasteiger partial charge in [0.1, 0.15) is 5.75 Å². The van der Waals surface area contributed by atoms with Crippen molar-refractivity contribution < 1.29 is 14.6 Å². The van der Waals surface area contributed by atoms with Gasteiger partial charge in [-0.05, 0) is 26.1 Å². The molecule has 0 spiro atoms. The Balaban J connectivity index is 2.32. The number of hydrogen-bond acceptors (Lipinski definition) is 5. The van der Waals surface area contributed by atoms with Crippen molar-refractivity contribution in [2.24, 2.45) is 7.05 Å². The molecule has 2 heterocycles. The van der Waals surface area contributed by atoms with Crippen molar-refractivity contribution in [1.29, 1.82) is 0 Å². The van der Waals surface area contributed by atoms with Crippen molar-refractivity contribution in [3.63, 3.8) is 0 Å². The van der Waals surface area contributed by atoms with E-state index in [0.29, 0.717) is 35.2 Å². The second-order valence-corrected chi connectivity index (χ2v) is 5.79. The van der Waals surface area contributed by atoms with Crippen LogP contribution in [-0.4, -0.2) is 34.3 Å². The first kappa shape index (κ1) is 17.0. The number of phenols is 1. The predicted octanol–water partition coefficient (Wildman–Crippen LogP) is 2.84. The number of benzene rings is 1. The Hall–Kier alpha value is -2.86. The number of rotatable bonds is 5. The minimum Gasteiger partial charge on any atom is -0.507 e. The lowest BCUT2D eigenvalue weighted by atomic mass is 9.97. The molecule has 2 N–H and O–H groups in total. The van der Waals surface area contributed by atoms with E-state index in [1.165, 1.54) is 0 Å². The average Bonchev–Trinajstić information content (AvgIpc) is 2.95. The van der Waals surface area contributed by atoms with Gasteiger partial charge in [-0.3, -0.25) is 4.98 Å². The zero-order chi connectivity index (χ0) is 18.0. The van der Waals surface area contributed by atoms with Crippen molar-refractivity contribution in [3.8, 4) is 16.9 Å². The first-order chi connectivity index (χ1) is 12.1. The van der Waals surface area contributed by atoms with Crippen molar-refractivity contribution in [3.05, 3.63) is 47.9 Å². The molecular formula is C19H21N3O3. The molecule has 130 valence electrons. The molecule has 3 aromatic rings. The Bertz CT molecular complexity index is 917. The van der Waals surface area contributed by atoms with Crippen LogP contribution in [0.1, 0.15) is 22.8 Å². The van der Waals surface area contributed by atoms with E-state index in [2.05, 4.69) is 10.3 Å². The molecule has 0 fully saturated rings.